The molecule has 0 aromatic heterocycles. The van der Waals surface area contributed by atoms with Crippen molar-refractivity contribution < 1.29 is 0 Å². The fraction of sp³-hybridized carbons (Fsp3) is 0.684. The van der Waals surface area contributed by atoms with E-state index in [1.54, 1.807) is 0 Å². The maximum atomic E-state index is 2.62. The molecule has 2 rings (SSSR count). The molecule has 112 valence electrons. The highest BCUT2D eigenvalue weighted by Crippen LogP contribution is 2.26. The van der Waals surface area contributed by atoms with E-state index in [0.717, 1.165) is 18.4 Å². The van der Waals surface area contributed by atoms with E-state index in [1.807, 2.05) is 0 Å². The molecule has 20 heavy (non-hydrogen) atoms. The summed E-state index contributed by atoms with van der Waals surface area (Å²) in [4.78, 5) is 2.62. The van der Waals surface area contributed by atoms with Crippen LogP contribution in [0.2, 0.25) is 0 Å². The maximum Gasteiger partial charge on any atom is 0.0233 e. The second-order valence-corrected chi connectivity index (χ2v) is 7.80. The largest absolute Gasteiger partial charge is 0.299 e. The van der Waals surface area contributed by atoms with Crippen LogP contribution >= 0.6 is 0 Å². The number of likely N-dealkylation sites (tertiary alicyclic amines) is 1. The summed E-state index contributed by atoms with van der Waals surface area (Å²) in [6.45, 7) is 15.2. The van der Waals surface area contributed by atoms with Crippen molar-refractivity contribution in [3.63, 3.8) is 0 Å². The normalized spacial score (nSPS) is 18.7. The predicted molar refractivity (Wildman–Crippen MR) is 88.0 cm³/mol. The van der Waals surface area contributed by atoms with Crippen LogP contribution < -0.4 is 0 Å². The lowest BCUT2D eigenvalue weighted by atomic mass is 9.86. The molecule has 1 aromatic rings. The standard InChI is InChI=1S/C19H31N/c1-15(2)17-10-12-20(13-11-17)14-16-6-8-18(9-7-16)19(3,4)5/h6-9,15,17H,10-14H2,1-5H3. The number of rotatable bonds is 3. The molecule has 1 saturated heterocycles. The van der Waals surface area contributed by atoms with Crippen LogP contribution in [0.1, 0.15) is 58.6 Å². The van der Waals surface area contributed by atoms with Crippen LogP contribution in [0.3, 0.4) is 0 Å². The van der Waals surface area contributed by atoms with Gasteiger partial charge in [0.15, 0.2) is 0 Å². The zero-order valence-corrected chi connectivity index (χ0v) is 13.9. The van der Waals surface area contributed by atoms with E-state index in [1.165, 1.54) is 37.1 Å². The van der Waals surface area contributed by atoms with Crippen molar-refractivity contribution >= 4 is 0 Å². The number of hydrogen-bond acceptors (Lipinski definition) is 1. The Bertz CT molecular complexity index is 402. The van der Waals surface area contributed by atoms with Crippen molar-refractivity contribution in [2.75, 3.05) is 13.1 Å². The smallest absolute Gasteiger partial charge is 0.0233 e. The predicted octanol–water partition coefficient (Wildman–Crippen LogP) is 4.85. The van der Waals surface area contributed by atoms with E-state index >= 15 is 0 Å². The fourth-order valence-corrected chi connectivity index (χ4v) is 3.15. The average molecular weight is 273 g/mol. The molecule has 1 fully saturated rings. The van der Waals surface area contributed by atoms with Crippen LogP contribution in [0.4, 0.5) is 0 Å². The Morgan fingerprint density at radius 3 is 2.05 bits per heavy atom. The van der Waals surface area contributed by atoms with E-state index in [0.29, 0.717) is 0 Å². The molecular weight excluding hydrogens is 242 g/mol. The van der Waals surface area contributed by atoms with E-state index in [4.69, 9.17) is 0 Å². The summed E-state index contributed by atoms with van der Waals surface area (Å²) in [5.41, 5.74) is 3.15. The molecule has 1 aliphatic heterocycles. The summed E-state index contributed by atoms with van der Waals surface area (Å²) in [5.74, 6) is 1.79. The fourth-order valence-electron chi connectivity index (χ4n) is 3.15. The zero-order chi connectivity index (χ0) is 14.8. The van der Waals surface area contributed by atoms with E-state index in [-0.39, 0.29) is 5.41 Å². The Hall–Kier alpha value is -0.820. The van der Waals surface area contributed by atoms with Gasteiger partial charge in [-0.3, -0.25) is 4.90 Å². The average Bonchev–Trinajstić information content (AvgIpc) is 2.39. The van der Waals surface area contributed by atoms with Crippen LogP contribution in [0.15, 0.2) is 24.3 Å². The van der Waals surface area contributed by atoms with Crippen LogP contribution in [-0.4, -0.2) is 18.0 Å². The van der Waals surface area contributed by atoms with Gasteiger partial charge in [0, 0.05) is 6.54 Å². The van der Waals surface area contributed by atoms with E-state index in [9.17, 15) is 0 Å². The van der Waals surface area contributed by atoms with Gasteiger partial charge >= 0.3 is 0 Å². The van der Waals surface area contributed by atoms with Crippen LogP contribution in [0, 0.1) is 11.8 Å². The SMILES string of the molecule is CC(C)C1CCN(Cc2ccc(C(C)(C)C)cc2)CC1. The van der Waals surface area contributed by atoms with Gasteiger partial charge in [-0.25, -0.2) is 0 Å². The highest BCUT2D eigenvalue weighted by atomic mass is 15.1. The first-order chi connectivity index (χ1) is 9.36. The van der Waals surface area contributed by atoms with E-state index in [2.05, 4.69) is 63.8 Å². The Labute approximate surface area is 125 Å². The van der Waals surface area contributed by atoms with Gasteiger partial charge in [0.1, 0.15) is 0 Å². The van der Waals surface area contributed by atoms with Crippen LogP contribution in [-0.2, 0) is 12.0 Å². The maximum absolute atomic E-state index is 2.62. The molecule has 0 unspecified atom stereocenters. The number of benzene rings is 1. The van der Waals surface area contributed by atoms with Crippen molar-refractivity contribution in [1.82, 2.24) is 4.90 Å². The third-order valence-corrected chi connectivity index (χ3v) is 4.80. The van der Waals surface area contributed by atoms with Crippen molar-refractivity contribution in [2.24, 2.45) is 11.8 Å². The van der Waals surface area contributed by atoms with Gasteiger partial charge in [0.2, 0.25) is 0 Å². The second-order valence-electron chi connectivity index (χ2n) is 7.80. The summed E-state index contributed by atoms with van der Waals surface area (Å²) in [5, 5.41) is 0. The molecular formula is C19H31N. The summed E-state index contributed by atoms with van der Waals surface area (Å²) in [6, 6.07) is 9.23. The van der Waals surface area contributed by atoms with Crippen molar-refractivity contribution in [2.45, 2.75) is 59.4 Å². The van der Waals surface area contributed by atoms with Gasteiger partial charge in [-0.1, -0.05) is 58.9 Å². The lowest BCUT2D eigenvalue weighted by Gasteiger charge is -2.34. The van der Waals surface area contributed by atoms with Crippen molar-refractivity contribution in [3.05, 3.63) is 35.4 Å². The zero-order valence-electron chi connectivity index (χ0n) is 13.9. The topological polar surface area (TPSA) is 3.24 Å². The lowest BCUT2D eigenvalue weighted by molar-refractivity contribution is 0.152. The van der Waals surface area contributed by atoms with Crippen LogP contribution in [0.25, 0.3) is 0 Å². The first-order valence-corrected chi connectivity index (χ1v) is 8.18. The molecule has 0 saturated carbocycles. The molecule has 1 aliphatic rings. The number of piperidine rings is 1. The second kappa shape index (κ2) is 6.30. The number of nitrogens with zero attached hydrogens (tertiary/aromatic N) is 1. The minimum atomic E-state index is 0.258. The molecule has 1 aromatic carbocycles. The van der Waals surface area contributed by atoms with Crippen LogP contribution in [0.5, 0.6) is 0 Å². The monoisotopic (exact) mass is 273 g/mol. The quantitative estimate of drug-likeness (QED) is 0.761. The van der Waals surface area contributed by atoms with Gasteiger partial charge < -0.3 is 0 Å². The molecule has 1 nitrogen and oxygen atoms in total. The molecule has 0 aliphatic carbocycles. The molecule has 0 radical (unpaired) electrons. The summed E-state index contributed by atoms with van der Waals surface area (Å²) in [7, 11) is 0. The molecule has 0 N–H and O–H groups in total. The molecule has 0 bridgehead atoms. The Balaban J connectivity index is 1.89. The first kappa shape index (κ1) is 15.6. The minimum absolute atomic E-state index is 0.258. The Morgan fingerprint density at radius 1 is 1.05 bits per heavy atom. The molecule has 0 amide bonds. The van der Waals surface area contributed by atoms with Gasteiger partial charge in [-0.2, -0.15) is 0 Å². The van der Waals surface area contributed by atoms with Gasteiger partial charge in [-0.05, 0) is 54.3 Å². The minimum Gasteiger partial charge on any atom is -0.299 e. The van der Waals surface area contributed by atoms with Gasteiger partial charge in [0.25, 0.3) is 0 Å². The van der Waals surface area contributed by atoms with E-state index < -0.39 is 0 Å². The molecule has 0 atom stereocenters. The molecule has 1 heterocycles. The summed E-state index contributed by atoms with van der Waals surface area (Å²) >= 11 is 0. The third kappa shape index (κ3) is 4.09. The van der Waals surface area contributed by atoms with Crippen molar-refractivity contribution in [1.29, 1.82) is 0 Å². The summed E-state index contributed by atoms with van der Waals surface area (Å²) < 4.78 is 0. The third-order valence-electron chi connectivity index (χ3n) is 4.80. The molecule has 1 heteroatoms. The highest BCUT2D eigenvalue weighted by Gasteiger charge is 2.21. The van der Waals surface area contributed by atoms with Gasteiger partial charge in [-0.15, -0.1) is 0 Å². The summed E-state index contributed by atoms with van der Waals surface area (Å²) in [6.07, 6.45) is 2.75. The lowest BCUT2D eigenvalue weighted by Crippen LogP contribution is -2.34. The molecule has 0 spiro atoms. The Morgan fingerprint density at radius 2 is 1.60 bits per heavy atom. The number of hydrogen-bond donors (Lipinski definition) is 0. The Kier molecular flexibility index (Phi) is 4.90. The first-order valence-electron chi connectivity index (χ1n) is 8.18. The highest BCUT2D eigenvalue weighted by molar-refractivity contribution is 5.27. The van der Waals surface area contributed by atoms with Gasteiger partial charge in [0.05, 0.1) is 0 Å². The van der Waals surface area contributed by atoms with Crippen molar-refractivity contribution in [3.8, 4) is 0 Å².